The Balaban J connectivity index is 1.65. The average Bonchev–Trinajstić information content (AvgIpc) is 3.03. The van der Waals surface area contributed by atoms with Crippen molar-refractivity contribution in [3.8, 4) is 6.07 Å². The summed E-state index contributed by atoms with van der Waals surface area (Å²) in [4.78, 5) is 30.9. The van der Waals surface area contributed by atoms with E-state index in [0.717, 1.165) is 5.56 Å². The van der Waals surface area contributed by atoms with E-state index in [0.29, 0.717) is 39.1 Å². The molecule has 9 heteroatoms. The molecule has 0 fully saturated rings. The van der Waals surface area contributed by atoms with Crippen molar-refractivity contribution < 1.29 is 9.53 Å². The predicted octanol–water partition coefficient (Wildman–Crippen LogP) is 3.49. The number of carbonyl (C=O) groups excluding carboxylic acids is 1. The van der Waals surface area contributed by atoms with Gasteiger partial charge in [-0.15, -0.1) is 0 Å². The number of aromatic amines is 1. The summed E-state index contributed by atoms with van der Waals surface area (Å²) in [6.45, 7) is 3.44. The Hall–Kier alpha value is -2.82. The van der Waals surface area contributed by atoms with Gasteiger partial charge in [0.2, 0.25) is 0 Å². The van der Waals surface area contributed by atoms with Gasteiger partial charge in [0.1, 0.15) is 18.2 Å². The normalized spacial score (nSPS) is 10.8. The minimum atomic E-state index is -0.422. The largest absolute Gasteiger partial charge is 0.459 e. The van der Waals surface area contributed by atoms with Crippen LogP contribution < -0.4 is 5.56 Å². The van der Waals surface area contributed by atoms with Crippen molar-refractivity contribution in [1.82, 2.24) is 14.4 Å². The number of nitrogens with one attached hydrogen (secondary N) is 1. The predicted molar refractivity (Wildman–Crippen MR) is 105 cm³/mol. The third-order valence-corrected chi connectivity index (χ3v) is 4.89. The van der Waals surface area contributed by atoms with E-state index < -0.39 is 11.5 Å². The number of fused-ring (bicyclic) bond motifs is 1. The number of H-pyrrole nitrogens is 1. The zero-order valence-corrected chi connectivity index (χ0v) is 16.7. The first kappa shape index (κ1) is 19.9. The van der Waals surface area contributed by atoms with Crippen LogP contribution in [0.5, 0.6) is 0 Å². The molecular weight excluding hydrogens is 403 g/mol. The van der Waals surface area contributed by atoms with Crippen molar-refractivity contribution in [2.75, 3.05) is 0 Å². The first-order valence-electron chi connectivity index (χ1n) is 8.41. The average molecular weight is 419 g/mol. The molecule has 0 aliphatic heterocycles. The number of hydrogen-bond acceptors (Lipinski definition) is 5. The quantitative estimate of drug-likeness (QED) is 0.638. The fraction of sp³-hybridized carbons (Fsp3) is 0.263. The summed E-state index contributed by atoms with van der Waals surface area (Å²) in [7, 11) is 0. The second-order valence-corrected chi connectivity index (χ2v) is 7.14. The molecule has 28 heavy (non-hydrogen) atoms. The number of carbonyl (C=O) groups is 1. The van der Waals surface area contributed by atoms with Crippen molar-refractivity contribution in [2.45, 2.75) is 33.3 Å². The number of nitriles is 1. The van der Waals surface area contributed by atoms with Crippen molar-refractivity contribution in [2.24, 2.45) is 0 Å². The number of hydrogen-bond donors (Lipinski definition) is 1. The van der Waals surface area contributed by atoms with Crippen LogP contribution in [0.4, 0.5) is 0 Å². The highest BCUT2D eigenvalue weighted by Gasteiger charge is 2.14. The number of nitrogens with zero attached hydrogens (tertiary/aromatic N) is 3. The van der Waals surface area contributed by atoms with Crippen LogP contribution in [0.1, 0.15) is 34.5 Å². The Bertz CT molecular complexity index is 1170. The van der Waals surface area contributed by atoms with Crippen LogP contribution in [-0.2, 0) is 22.6 Å². The monoisotopic (exact) mass is 418 g/mol. The van der Waals surface area contributed by atoms with Crippen LogP contribution in [-0.4, -0.2) is 20.3 Å². The van der Waals surface area contributed by atoms with Gasteiger partial charge in [-0.1, -0.05) is 23.2 Å². The molecule has 0 spiro atoms. The minimum Gasteiger partial charge on any atom is -0.459 e. The van der Waals surface area contributed by atoms with Gasteiger partial charge in [0.25, 0.3) is 5.56 Å². The molecule has 0 saturated carbocycles. The highest BCUT2D eigenvalue weighted by Crippen LogP contribution is 2.22. The summed E-state index contributed by atoms with van der Waals surface area (Å²) in [6, 6.07) is 3.48. The van der Waals surface area contributed by atoms with Gasteiger partial charge < -0.3 is 14.1 Å². The first-order chi connectivity index (χ1) is 13.3. The first-order valence-corrected chi connectivity index (χ1v) is 9.16. The van der Waals surface area contributed by atoms with Crippen molar-refractivity contribution in [1.29, 1.82) is 5.26 Å². The fourth-order valence-corrected chi connectivity index (χ4v) is 3.55. The summed E-state index contributed by atoms with van der Waals surface area (Å²) >= 11 is 12.1. The zero-order chi connectivity index (χ0) is 20.4. The summed E-state index contributed by atoms with van der Waals surface area (Å²) in [6.07, 6.45) is 3.82. The summed E-state index contributed by atoms with van der Waals surface area (Å²) in [5.74, 6) is -0.412. The number of ether oxygens (including phenoxy) is 1. The van der Waals surface area contributed by atoms with Crippen LogP contribution in [0, 0.1) is 25.2 Å². The Morgan fingerprint density at radius 3 is 2.82 bits per heavy atom. The van der Waals surface area contributed by atoms with Gasteiger partial charge in [-0.05, 0) is 37.5 Å². The summed E-state index contributed by atoms with van der Waals surface area (Å²) < 4.78 is 6.95. The maximum absolute atomic E-state index is 12.1. The molecule has 0 aliphatic rings. The minimum absolute atomic E-state index is 0.00148. The van der Waals surface area contributed by atoms with E-state index in [1.54, 1.807) is 36.7 Å². The lowest BCUT2D eigenvalue weighted by Gasteiger charge is -2.10. The van der Waals surface area contributed by atoms with Gasteiger partial charge in [-0.2, -0.15) is 5.26 Å². The molecule has 0 radical (unpaired) electrons. The van der Waals surface area contributed by atoms with E-state index in [1.807, 2.05) is 6.07 Å². The van der Waals surface area contributed by atoms with E-state index in [4.69, 9.17) is 33.2 Å². The number of pyridine rings is 2. The molecule has 0 amide bonds. The fourth-order valence-electron chi connectivity index (χ4n) is 3.02. The molecule has 0 aliphatic carbocycles. The van der Waals surface area contributed by atoms with Crippen molar-refractivity contribution >= 4 is 34.8 Å². The Morgan fingerprint density at radius 2 is 2.11 bits per heavy atom. The maximum atomic E-state index is 12.1. The smallest absolute Gasteiger partial charge is 0.306 e. The molecular formula is C19H16Cl2N4O3. The molecule has 144 valence electrons. The SMILES string of the molecule is Cc1[nH]c(=O)c(C#N)c(C)c1CCC(=O)OCc1cn2cc(Cl)cc(Cl)c2n1. The second kappa shape index (κ2) is 8.05. The Morgan fingerprint density at radius 1 is 1.36 bits per heavy atom. The molecule has 7 nitrogen and oxygen atoms in total. The highest BCUT2D eigenvalue weighted by atomic mass is 35.5. The molecule has 0 aromatic carbocycles. The van der Waals surface area contributed by atoms with E-state index >= 15 is 0 Å². The Kier molecular flexibility index (Phi) is 5.73. The second-order valence-electron chi connectivity index (χ2n) is 6.30. The third-order valence-electron chi connectivity index (χ3n) is 4.40. The molecule has 0 saturated heterocycles. The van der Waals surface area contributed by atoms with Gasteiger partial charge in [0.05, 0.1) is 15.7 Å². The highest BCUT2D eigenvalue weighted by molar-refractivity contribution is 6.36. The lowest BCUT2D eigenvalue weighted by atomic mass is 9.99. The number of imidazole rings is 1. The molecule has 3 aromatic rings. The van der Waals surface area contributed by atoms with Crippen molar-refractivity contribution in [3.63, 3.8) is 0 Å². The van der Waals surface area contributed by atoms with E-state index in [1.165, 1.54) is 0 Å². The van der Waals surface area contributed by atoms with Gasteiger partial charge in [-0.25, -0.2) is 4.98 Å². The van der Waals surface area contributed by atoms with E-state index in [-0.39, 0.29) is 18.6 Å². The van der Waals surface area contributed by atoms with Gasteiger partial charge in [-0.3, -0.25) is 9.59 Å². The number of rotatable bonds is 5. The molecule has 0 atom stereocenters. The van der Waals surface area contributed by atoms with Gasteiger partial charge in [0, 0.05) is 24.5 Å². The third kappa shape index (κ3) is 4.03. The molecule has 1 N–H and O–H groups in total. The number of aromatic nitrogens is 3. The summed E-state index contributed by atoms with van der Waals surface area (Å²) in [5.41, 5.74) is 2.71. The van der Waals surface area contributed by atoms with Gasteiger partial charge >= 0.3 is 5.97 Å². The number of halogens is 2. The van der Waals surface area contributed by atoms with E-state index in [9.17, 15) is 9.59 Å². The maximum Gasteiger partial charge on any atom is 0.306 e. The molecule has 3 rings (SSSR count). The van der Waals surface area contributed by atoms with Crippen LogP contribution in [0.25, 0.3) is 5.65 Å². The lowest BCUT2D eigenvalue weighted by molar-refractivity contribution is -0.145. The van der Waals surface area contributed by atoms with Crippen molar-refractivity contribution in [3.05, 3.63) is 66.9 Å². The molecule has 0 bridgehead atoms. The van der Waals surface area contributed by atoms with Crippen LogP contribution in [0.3, 0.4) is 0 Å². The Labute approximate surface area is 170 Å². The van der Waals surface area contributed by atoms with Crippen LogP contribution >= 0.6 is 23.2 Å². The van der Waals surface area contributed by atoms with Gasteiger partial charge in [0.15, 0.2) is 5.65 Å². The number of aryl methyl sites for hydroxylation is 1. The molecule has 3 aromatic heterocycles. The topological polar surface area (TPSA) is 100 Å². The lowest BCUT2D eigenvalue weighted by Crippen LogP contribution is -2.17. The van der Waals surface area contributed by atoms with E-state index in [2.05, 4.69) is 9.97 Å². The van der Waals surface area contributed by atoms with Crippen LogP contribution in [0.2, 0.25) is 10.0 Å². The number of esters is 1. The van der Waals surface area contributed by atoms with Crippen LogP contribution in [0.15, 0.2) is 23.3 Å². The standard InChI is InChI=1S/C19H16Cl2N4O3/c1-10-14(11(2)23-19(27)15(10)6-22)3-4-17(26)28-9-13-8-25-7-12(20)5-16(21)18(25)24-13/h5,7-8H,3-4,9H2,1-2H3,(H,23,27). The zero-order valence-electron chi connectivity index (χ0n) is 15.2. The molecule has 0 unspecified atom stereocenters. The molecule has 3 heterocycles. The summed E-state index contributed by atoms with van der Waals surface area (Å²) in [5, 5.41) is 9.99.